The Balaban J connectivity index is 1.70. The van der Waals surface area contributed by atoms with Crippen LogP contribution in [0.3, 0.4) is 0 Å². The number of hydrogen-bond donors (Lipinski definition) is 0. The molecule has 4 aliphatic carbocycles. The van der Waals surface area contributed by atoms with Gasteiger partial charge in [-0.2, -0.15) is 0 Å². The van der Waals surface area contributed by atoms with Crippen molar-refractivity contribution in [2.45, 2.75) is 90.3 Å². The molecule has 196 valence electrons. The maximum Gasteiger partial charge on any atom is 0.188 e. The van der Waals surface area contributed by atoms with Gasteiger partial charge in [0.25, 0.3) is 0 Å². The van der Waals surface area contributed by atoms with Gasteiger partial charge in [-0.3, -0.25) is 0 Å². The normalized spacial score (nSPS) is 27.5. The Bertz CT molecular complexity index is 1060. The van der Waals surface area contributed by atoms with E-state index in [9.17, 15) is 0 Å². The van der Waals surface area contributed by atoms with E-state index < -0.39 is 8.07 Å². The van der Waals surface area contributed by atoms with Crippen molar-refractivity contribution in [1.29, 1.82) is 0 Å². The summed E-state index contributed by atoms with van der Waals surface area (Å²) in [6.45, 7) is 12.6. The second-order valence-electron chi connectivity index (χ2n) is 14.1. The number of benzene rings is 2. The Morgan fingerprint density at radius 2 is 1.56 bits per heavy atom. The lowest BCUT2D eigenvalue weighted by molar-refractivity contribution is -0.00870. The van der Waals surface area contributed by atoms with Gasteiger partial charge in [0, 0.05) is 22.7 Å². The van der Waals surface area contributed by atoms with Crippen LogP contribution in [0.25, 0.3) is 11.1 Å². The van der Waals surface area contributed by atoms with Crippen LogP contribution in [0, 0.1) is 23.2 Å². The Morgan fingerprint density at radius 3 is 2.11 bits per heavy atom. The van der Waals surface area contributed by atoms with Crippen LogP contribution < -0.4 is 9.92 Å². The summed E-state index contributed by atoms with van der Waals surface area (Å²) >= 11 is 3.88. The molecule has 2 aromatic rings. The third-order valence-corrected chi connectivity index (χ3v) is 13.5. The van der Waals surface area contributed by atoms with Gasteiger partial charge in [-0.1, -0.05) is 97.8 Å². The number of hydrogen-bond acceptors (Lipinski definition) is 2. The summed E-state index contributed by atoms with van der Waals surface area (Å²) in [5.41, 5.74) is 4.60. The minimum absolute atomic E-state index is 0.262. The summed E-state index contributed by atoms with van der Waals surface area (Å²) in [7, 11) is 0.0629. The SMILES string of the molecule is COCOc1c(-c2ccccc2Br)cc([Si](C)(C)CCC(C)(C)C)cc1C12CC3CC(CC(C3)C1)C2. The predicted molar refractivity (Wildman–Crippen MR) is 158 cm³/mol. The number of rotatable bonds is 8. The fourth-order valence-electron chi connectivity index (χ4n) is 7.84. The van der Waals surface area contributed by atoms with Gasteiger partial charge in [0.05, 0.1) is 8.07 Å². The summed E-state index contributed by atoms with van der Waals surface area (Å²) < 4.78 is 13.2. The Labute approximate surface area is 228 Å². The summed E-state index contributed by atoms with van der Waals surface area (Å²) in [5, 5.41) is 1.59. The third-order valence-electron chi connectivity index (χ3n) is 9.47. The molecule has 0 heterocycles. The smallest absolute Gasteiger partial charge is 0.188 e. The van der Waals surface area contributed by atoms with Crippen molar-refractivity contribution < 1.29 is 9.47 Å². The quantitative estimate of drug-likeness (QED) is 0.233. The largest absolute Gasteiger partial charge is 0.467 e. The van der Waals surface area contributed by atoms with Crippen molar-refractivity contribution in [2.75, 3.05) is 13.9 Å². The van der Waals surface area contributed by atoms with E-state index in [1.165, 1.54) is 67.7 Å². The summed E-state index contributed by atoms with van der Waals surface area (Å²) in [4.78, 5) is 0. The highest BCUT2D eigenvalue weighted by Gasteiger charge is 2.53. The predicted octanol–water partition coefficient (Wildman–Crippen LogP) is 8.92. The molecule has 4 heteroatoms. The van der Waals surface area contributed by atoms with Crippen LogP contribution in [0.5, 0.6) is 5.75 Å². The lowest BCUT2D eigenvalue weighted by Gasteiger charge is -2.57. The lowest BCUT2D eigenvalue weighted by Crippen LogP contribution is -2.50. The molecule has 0 atom stereocenters. The molecule has 0 N–H and O–H groups in total. The molecule has 36 heavy (non-hydrogen) atoms. The molecular weight excluding hydrogens is 524 g/mol. The summed E-state index contributed by atoms with van der Waals surface area (Å²) in [6.07, 6.45) is 9.65. The molecule has 4 bridgehead atoms. The van der Waals surface area contributed by atoms with Crippen LogP contribution in [-0.4, -0.2) is 22.0 Å². The molecule has 0 unspecified atom stereocenters. The number of methoxy groups -OCH3 is 1. The third kappa shape index (κ3) is 5.24. The van der Waals surface area contributed by atoms with E-state index in [2.05, 4.69) is 86.2 Å². The summed E-state index contributed by atoms with van der Waals surface area (Å²) in [6, 6.07) is 15.1. The molecule has 0 spiro atoms. The van der Waals surface area contributed by atoms with E-state index in [0.717, 1.165) is 28.0 Å². The molecular formula is C32H45BrO2Si. The average molecular weight is 570 g/mol. The van der Waals surface area contributed by atoms with Crippen molar-refractivity contribution in [3.05, 3.63) is 46.4 Å². The first-order valence-corrected chi connectivity index (χ1v) is 18.1. The standard InChI is InChI=1S/C32H45BrO2Si/c1-31(2,3)11-12-36(5,6)25-16-27(26-9-7-8-10-29(26)33)30(35-21-34-4)28(17-25)32-18-22-13-23(19-32)15-24(14-22)20-32/h7-10,16-17,22-24H,11-15,18-21H2,1-6H3. The monoisotopic (exact) mass is 568 g/mol. The van der Waals surface area contributed by atoms with Crippen molar-refractivity contribution in [1.82, 2.24) is 0 Å². The van der Waals surface area contributed by atoms with Crippen molar-refractivity contribution >= 4 is 29.2 Å². The molecule has 4 saturated carbocycles. The summed E-state index contributed by atoms with van der Waals surface area (Å²) in [5.74, 6) is 3.77. The van der Waals surface area contributed by atoms with Crippen LogP contribution in [0.2, 0.25) is 19.1 Å². The molecule has 6 rings (SSSR count). The van der Waals surface area contributed by atoms with E-state index >= 15 is 0 Å². The van der Waals surface area contributed by atoms with E-state index in [1.54, 1.807) is 12.3 Å². The second-order valence-corrected chi connectivity index (χ2v) is 19.8. The first-order valence-electron chi connectivity index (χ1n) is 14.1. The van der Waals surface area contributed by atoms with Gasteiger partial charge in [0.15, 0.2) is 6.79 Å². The Morgan fingerprint density at radius 1 is 0.944 bits per heavy atom. The molecule has 4 aliphatic rings. The van der Waals surface area contributed by atoms with Crippen molar-refractivity contribution in [3.8, 4) is 16.9 Å². The molecule has 0 aliphatic heterocycles. The topological polar surface area (TPSA) is 18.5 Å². The average Bonchev–Trinajstić information content (AvgIpc) is 2.80. The Kier molecular flexibility index (Phi) is 7.28. The van der Waals surface area contributed by atoms with Crippen LogP contribution in [0.1, 0.15) is 71.3 Å². The zero-order chi connectivity index (χ0) is 25.7. The van der Waals surface area contributed by atoms with E-state index in [-0.39, 0.29) is 5.41 Å². The van der Waals surface area contributed by atoms with Gasteiger partial charge in [0.2, 0.25) is 0 Å². The maximum absolute atomic E-state index is 6.57. The molecule has 0 amide bonds. The Hall–Kier alpha value is -1.10. The highest BCUT2D eigenvalue weighted by atomic mass is 79.9. The zero-order valence-electron chi connectivity index (χ0n) is 23.3. The minimum atomic E-state index is -1.67. The van der Waals surface area contributed by atoms with Gasteiger partial charge in [-0.15, -0.1) is 0 Å². The first-order chi connectivity index (χ1) is 17.0. The number of ether oxygens (including phenoxy) is 2. The molecule has 2 nitrogen and oxygen atoms in total. The first kappa shape index (κ1) is 26.5. The van der Waals surface area contributed by atoms with Crippen LogP contribution in [-0.2, 0) is 10.2 Å². The van der Waals surface area contributed by atoms with E-state index in [4.69, 9.17) is 9.47 Å². The lowest BCUT2D eigenvalue weighted by atomic mass is 9.48. The zero-order valence-corrected chi connectivity index (χ0v) is 25.8. The van der Waals surface area contributed by atoms with Gasteiger partial charge >= 0.3 is 0 Å². The highest BCUT2D eigenvalue weighted by molar-refractivity contribution is 9.10. The number of halogens is 1. The molecule has 2 aromatic carbocycles. The fraction of sp³-hybridized carbons (Fsp3) is 0.625. The van der Waals surface area contributed by atoms with Crippen LogP contribution in [0.4, 0.5) is 0 Å². The van der Waals surface area contributed by atoms with Gasteiger partial charge in [-0.25, -0.2) is 0 Å². The molecule has 0 aromatic heterocycles. The maximum atomic E-state index is 6.57. The minimum Gasteiger partial charge on any atom is -0.467 e. The molecule has 0 saturated heterocycles. The van der Waals surface area contributed by atoms with Gasteiger partial charge in [-0.05, 0) is 78.7 Å². The second kappa shape index (κ2) is 9.89. The molecule has 4 fully saturated rings. The van der Waals surface area contributed by atoms with Gasteiger partial charge in [0.1, 0.15) is 5.75 Å². The molecule has 0 radical (unpaired) electrons. The highest BCUT2D eigenvalue weighted by Crippen LogP contribution is 2.62. The van der Waals surface area contributed by atoms with Crippen LogP contribution in [0.15, 0.2) is 40.9 Å². The fourth-order valence-corrected chi connectivity index (χ4v) is 11.1. The van der Waals surface area contributed by atoms with Crippen molar-refractivity contribution in [2.24, 2.45) is 23.2 Å². The van der Waals surface area contributed by atoms with Gasteiger partial charge < -0.3 is 9.47 Å². The van der Waals surface area contributed by atoms with E-state index in [1.807, 2.05) is 0 Å². The van der Waals surface area contributed by atoms with E-state index in [0.29, 0.717) is 12.2 Å². The van der Waals surface area contributed by atoms with Crippen LogP contribution >= 0.6 is 15.9 Å². The van der Waals surface area contributed by atoms with Crippen molar-refractivity contribution in [3.63, 3.8) is 0 Å².